The molecule has 0 unspecified atom stereocenters. The second-order valence-electron chi connectivity index (χ2n) is 13.5. The highest BCUT2D eigenvalue weighted by Gasteiger charge is 2.62. The number of rotatable bonds is 7. The maximum absolute atomic E-state index is 14.1. The Morgan fingerprint density at radius 3 is 2.63 bits per heavy atom. The van der Waals surface area contributed by atoms with Crippen LogP contribution in [0.1, 0.15) is 44.9 Å². The topological polar surface area (TPSA) is 147 Å². The van der Waals surface area contributed by atoms with E-state index in [1.807, 2.05) is 66.7 Å². The number of hydrogen-bond acceptors (Lipinski definition) is 8. The maximum Gasteiger partial charge on any atom is 0.320 e. The van der Waals surface area contributed by atoms with Gasteiger partial charge in [-0.25, -0.2) is 18.2 Å². The van der Waals surface area contributed by atoms with Crippen LogP contribution in [-0.2, 0) is 19.6 Å². The van der Waals surface area contributed by atoms with Crippen LogP contribution in [0.15, 0.2) is 66.7 Å². The maximum atomic E-state index is 14.1. The predicted octanol–water partition coefficient (Wildman–Crippen LogP) is 4.01. The number of nitrogens with one attached hydrogen (secondary N) is 2. The number of pyridine rings is 1. The SMILES string of the molecule is COc1ccc2c(O[C@@H]3C[C@H]4C(=O)N[C@]5(C(=O)NS(=O)(=O)C6CC6)C[C@H]5/C=C\CCCCN(C)C(=O)N4C3)nc(-c3ccccc3)cc2c1. The molecule has 3 aromatic rings. The van der Waals surface area contributed by atoms with Crippen LogP contribution in [0.5, 0.6) is 11.6 Å². The van der Waals surface area contributed by atoms with Crippen molar-refractivity contribution in [3.63, 3.8) is 0 Å². The standard InChI is InChI=1S/C36H41N5O7S/c1-40-17-9-4-3-8-12-25-21-36(25,34(43)39-49(45,46)28-14-15-28)38-32(42)31-20-27(22-41(31)35(40)44)48-33-29-16-13-26(47-2)18-24(29)19-30(37-33)23-10-6-5-7-11-23/h5-8,10-13,16,18-19,25,27-28,31H,3-4,9,14-15,17,20-22H2,1-2H3,(H,38,42)(H,39,43)/b12-8-/t25-,27-,31+,36-/m1/s1. The monoisotopic (exact) mass is 687 g/mol. The van der Waals surface area contributed by atoms with Gasteiger partial charge in [0.2, 0.25) is 21.8 Å². The zero-order valence-corrected chi connectivity index (χ0v) is 28.4. The first-order chi connectivity index (χ1) is 23.6. The quantitative estimate of drug-likeness (QED) is 0.355. The van der Waals surface area contributed by atoms with E-state index in [0.717, 1.165) is 35.6 Å². The third-order valence-corrected chi connectivity index (χ3v) is 11.8. The van der Waals surface area contributed by atoms with Crippen LogP contribution in [0.4, 0.5) is 4.79 Å². The first kappa shape index (κ1) is 32.9. The molecule has 0 bridgehead atoms. The Hall–Kier alpha value is -4.65. The number of nitrogens with zero attached hydrogens (tertiary/aromatic N) is 3. The summed E-state index contributed by atoms with van der Waals surface area (Å²) in [4.78, 5) is 49.5. The Morgan fingerprint density at radius 2 is 1.88 bits per heavy atom. The minimum atomic E-state index is -3.83. The fraction of sp³-hybridized carbons (Fsp3) is 0.444. The highest BCUT2D eigenvalue weighted by atomic mass is 32.2. The number of allylic oxidation sites excluding steroid dienone is 1. The van der Waals surface area contributed by atoms with Crippen LogP contribution in [-0.4, -0.2) is 91.2 Å². The molecule has 49 heavy (non-hydrogen) atoms. The second-order valence-corrected chi connectivity index (χ2v) is 15.4. The van der Waals surface area contributed by atoms with Crippen LogP contribution < -0.4 is 19.5 Å². The Balaban J connectivity index is 1.19. The molecule has 2 saturated carbocycles. The number of hydrogen-bond donors (Lipinski definition) is 2. The number of urea groups is 1. The average molecular weight is 688 g/mol. The van der Waals surface area contributed by atoms with Crippen molar-refractivity contribution < 1.29 is 32.3 Å². The molecule has 258 valence electrons. The van der Waals surface area contributed by atoms with Crippen LogP contribution in [0.3, 0.4) is 0 Å². The van der Waals surface area contributed by atoms with Gasteiger partial charge in [-0.15, -0.1) is 0 Å². The molecule has 2 aromatic carbocycles. The van der Waals surface area contributed by atoms with Crippen LogP contribution >= 0.6 is 0 Å². The van der Waals surface area contributed by atoms with E-state index in [0.29, 0.717) is 36.7 Å². The Bertz CT molecular complexity index is 1920. The normalized spacial score (nSPS) is 26.6. The lowest BCUT2D eigenvalue weighted by Gasteiger charge is -2.30. The van der Waals surface area contributed by atoms with Crippen molar-refractivity contribution in [3.05, 3.63) is 66.7 Å². The summed E-state index contributed by atoms with van der Waals surface area (Å²) in [5.74, 6) is -0.576. The lowest BCUT2D eigenvalue weighted by Crippen LogP contribution is -2.57. The second kappa shape index (κ2) is 13.0. The first-order valence-electron chi connectivity index (χ1n) is 16.9. The molecule has 4 aliphatic rings. The lowest BCUT2D eigenvalue weighted by molar-refractivity contribution is -0.131. The van der Waals surface area contributed by atoms with E-state index in [9.17, 15) is 22.8 Å². The van der Waals surface area contributed by atoms with E-state index in [4.69, 9.17) is 14.5 Å². The van der Waals surface area contributed by atoms with Crippen molar-refractivity contribution in [2.75, 3.05) is 27.2 Å². The highest BCUT2D eigenvalue weighted by Crippen LogP contribution is 2.46. The summed E-state index contributed by atoms with van der Waals surface area (Å²) in [6.45, 7) is 0.639. The van der Waals surface area contributed by atoms with Gasteiger partial charge in [0, 0.05) is 36.9 Å². The number of carbonyl (C=O) groups excluding carboxylic acids is 3. The summed E-state index contributed by atoms with van der Waals surface area (Å²) in [5, 5.41) is 3.93. The van der Waals surface area contributed by atoms with Crippen LogP contribution in [0.25, 0.3) is 22.0 Å². The van der Waals surface area contributed by atoms with Crippen molar-refractivity contribution >= 4 is 38.6 Å². The van der Waals surface area contributed by atoms with Crippen molar-refractivity contribution in [3.8, 4) is 22.9 Å². The van der Waals surface area contributed by atoms with E-state index in [1.54, 1.807) is 19.1 Å². The highest BCUT2D eigenvalue weighted by molar-refractivity contribution is 7.91. The van der Waals surface area contributed by atoms with Gasteiger partial charge in [0.05, 0.1) is 24.6 Å². The van der Waals surface area contributed by atoms with Gasteiger partial charge in [0.1, 0.15) is 23.4 Å². The van der Waals surface area contributed by atoms with Gasteiger partial charge in [0.25, 0.3) is 5.91 Å². The molecule has 4 amide bonds. The molecular weight excluding hydrogens is 646 g/mol. The number of sulfonamides is 1. The third kappa shape index (κ3) is 6.68. The summed E-state index contributed by atoms with van der Waals surface area (Å²) in [7, 11) is -0.508. The Labute approximate surface area is 285 Å². The molecule has 12 nitrogen and oxygen atoms in total. The largest absolute Gasteiger partial charge is 0.497 e. The summed E-state index contributed by atoms with van der Waals surface area (Å²) in [5.41, 5.74) is 0.181. The van der Waals surface area contributed by atoms with Gasteiger partial charge in [-0.2, -0.15) is 0 Å². The molecule has 3 fully saturated rings. The zero-order valence-electron chi connectivity index (χ0n) is 27.6. The van der Waals surface area contributed by atoms with Crippen molar-refractivity contribution in [2.45, 2.75) is 67.9 Å². The van der Waals surface area contributed by atoms with E-state index in [1.165, 1.54) is 4.90 Å². The molecule has 0 radical (unpaired) electrons. The molecule has 3 heterocycles. The minimum Gasteiger partial charge on any atom is -0.497 e. The van der Waals surface area contributed by atoms with Gasteiger partial charge < -0.3 is 24.6 Å². The van der Waals surface area contributed by atoms with Crippen LogP contribution in [0.2, 0.25) is 0 Å². The van der Waals surface area contributed by atoms with Gasteiger partial charge in [-0.05, 0) is 68.2 Å². The third-order valence-electron chi connectivity index (χ3n) is 9.94. The number of amides is 4. The number of benzene rings is 2. The molecule has 1 aromatic heterocycles. The molecule has 13 heteroatoms. The number of aromatic nitrogens is 1. The molecule has 4 atom stereocenters. The summed E-state index contributed by atoms with van der Waals surface area (Å²) < 4.78 is 39.7. The number of carbonyl (C=O) groups is 3. The molecule has 2 aliphatic heterocycles. The number of ether oxygens (including phenoxy) is 2. The Morgan fingerprint density at radius 1 is 1.08 bits per heavy atom. The van der Waals surface area contributed by atoms with Crippen LogP contribution in [0, 0.1) is 5.92 Å². The van der Waals surface area contributed by atoms with E-state index in [-0.39, 0.29) is 31.3 Å². The summed E-state index contributed by atoms with van der Waals surface area (Å²) in [6, 6.07) is 16.0. The van der Waals surface area contributed by atoms with Gasteiger partial charge in [-0.1, -0.05) is 42.5 Å². The summed E-state index contributed by atoms with van der Waals surface area (Å²) in [6.07, 6.45) is 7.04. The number of methoxy groups -OCH3 is 1. The fourth-order valence-corrected chi connectivity index (χ4v) is 8.20. The molecule has 0 spiro atoms. The molecule has 2 aliphatic carbocycles. The average Bonchev–Trinajstić information content (AvgIpc) is 4.02. The van der Waals surface area contributed by atoms with Crippen molar-refractivity contribution in [2.24, 2.45) is 5.92 Å². The summed E-state index contributed by atoms with van der Waals surface area (Å²) >= 11 is 0. The van der Waals surface area contributed by atoms with Crippen molar-refractivity contribution in [1.82, 2.24) is 24.8 Å². The fourth-order valence-electron chi connectivity index (χ4n) is 6.83. The zero-order chi connectivity index (χ0) is 34.3. The smallest absolute Gasteiger partial charge is 0.320 e. The first-order valence-corrected chi connectivity index (χ1v) is 18.4. The lowest BCUT2D eigenvalue weighted by atomic mass is 10.1. The van der Waals surface area contributed by atoms with Gasteiger partial charge in [-0.3, -0.25) is 14.3 Å². The number of fused-ring (bicyclic) bond motifs is 3. The van der Waals surface area contributed by atoms with E-state index in [2.05, 4.69) is 10.0 Å². The molecule has 2 N–H and O–H groups in total. The molecular formula is C36H41N5O7S. The minimum absolute atomic E-state index is 0.120. The van der Waals surface area contributed by atoms with Gasteiger partial charge >= 0.3 is 6.03 Å². The predicted molar refractivity (Wildman–Crippen MR) is 183 cm³/mol. The van der Waals surface area contributed by atoms with E-state index < -0.39 is 44.8 Å². The van der Waals surface area contributed by atoms with E-state index >= 15 is 0 Å². The molecule has 1 saturated heterocycles. The molecule has 7 rings (SSSR count). The van der Waals surface area contributed by atoms with Gasteiger partial charge in [0.15, 0.2) is 0 Å². The van der Waals surface area contributed by atoms with Crippen molar-refractivity contribution in [1.29, 1.82) is 0 Å². The Kier molecular flexibility index (Phi) is 8.72.